The van der Waals surface area contributed by atoms with Gasteiger partial charge in [0.15, 0.2) is 5.65 Å². The molecule has 0 bridgehead atoms. The van der Waals surface area contributed by atoms with E-state index in [9.17, 15) is 9.90 Å². The van der Waals surface area contributed by atoms with Gasteiger partial charge in [-0.1, -0.05) is 0 Å². The Kier molecular flexibility index (Phi) is 3.49. The largest absolute Gasteiger partial charge is 0.506 e. The van der Waals surface area contributed by atoms with Gasteiger partial charge in [0.05, 0.1) is 17.2 Å². The molecule has 1 aliphatic rings. The number of amides is 1. The summed E-state index contributed by atoms with van der Waals surface area (Å²) in [5.41, 5.74) is 1.60. The zero-order valence-corrected chi connectivity index (χ0v) is 14.4. The van der Waals surface area contributed by atoms with Crippen LogP contribution in [0.25, 0.3) is 16.6 Å². The molecule has 1 aliphatic heterocycles. The summed E-state index contributed by atoms with van der Waals surface area (Å²) in [7, 11) is 0. The number of hydrogen-bond acceptors (Lipinski definition) is 6. The summed E-state index contributed by atoms with van der Waals surface area (Å²) >= 11 is 0. The van der Waals surface area contributed by atoms with E-state index in [4.69, 9.17) is 4.42 Å². The van der Waals surface area contributed by atoms with Crippen LogP contribution in [0.15, 0.2) is 53.4 Å². The number of nitrogens with zero attached hydrogens (tertiary/aromatic N) is 4. The average molecular weight is 363 g/mol. The minimum Gasteiger partial charge on any atom is -0.506 e. The molecule has 8 nitrogen and oxygen atoms in total. The first kappa shape index (κ1) is 15.7. The number of fused-ring (bicyclic) bond motifs is 2. The van der Waals surface area contributed by atoms with Gasteiger partial charge < -0.3 is 19.7 Å². The van der Waals surface area contributed by atoms with Gasteiger partial charge in [-0.25, -0.2) is 9.50 Å². The first-order valence-corrected chi connectivity index (χ1v) is 8.74. The van der Waals surface area contributed by atoms with Crippen molar-refractivity contribution in [3.8, 4) is 5.75 Å². The second-order valence-corrected chi connectivity index (χ2v) is 6.62. The Morgan fingerprint density at radius 3 is 3.11 bits per heavy atom. The Morgan fingerprint density at radius 2 is 2.19 bits per heavy atom. The van der Waals surface area contributed by atoms with Crippen LogP contribution in [-0.2, 0) is 0 Å². The van der Waals surface area contributed by atoms with Crippen LogP contribution in [0.2, 0.25) is 0 Å². The molecule has 5 rings (SSSR count). The van der Waals surface area contributed by atoms with Crippen molar-refractivity contribution in [2.75, 3.05) is 18.0 Å². The molecule has 1 atom stereocenters. The van der Waals surface area contributed by atoms with E-state index in [0.29, 0.717) is 17.5 Å². The van der Waals surface area contributed by atoms with Crippen LogP contribution in [0, 0.1) is 0 Å². The van der Waals surface area contributed by atoms with Crippen molar-refractivity contribution in [1.29, 1.82) is 0 Å². The van der Waals surface area contributed by atoms with Crippen molar-refractivity contribution in [3.05, 3.63) is 54.6 Å². The number of aromatic nitrogens is 3. The van der Waals surface area contributed by atoms with Gasteiger partial charge in [-0.05, 0) is 36.8 Å². The summed E-state index contributed by atoms with van der Waals surface area (Å²) in [6.07, 6.45) is 5.82. The molecule has 1 aromatic carbocycles. The fourth-order valence-electron chi connectivity index (χ4n) is 3.54. The Bertz CT molecular complexity index is 1150. The summed E-state index contributed by atoms with van der Waals surface area (Å²) in [4.78, 5) is 18.9. The zero-order valence-electron chi connectivity index (χ0n) is 14.4. The van der Waals surface area contributed by atoms with E-state index in [1.54, 1.807) is 28.9 Å². The molecule has 2 N–H and O–H groups in total. The summed E-state index contributed by atoms with van der Waals surface area (Å²) < 4.78 is 6.98. The van der Waals surface area contributed by atoms with E-state index in [1.165, 1.54) is 6.26 Å². The highest BCUT2D eigenvalue weighted by atomic mass is 16.3. The first-order valence-electron chi connectivity index (χ1n) is 8.74. The third-order valence-electron chi connectivity index (χ3n) is 4.94. The molecule has 0 unspecified atom stereocenters. The third-order valence-corrected chi connectivity index (χ3v) is 4.94. The standard InChI is InChI=1S/C19H17N5O3/c25-18-13-6-10-27-15(13)2-1-14(18)19(26)21-12-5-8-23(11-12)17-4-3-16-20-7-9-24(16)22-17/h1-4,6-7,9-10,12,25H,5,8,11H2,(H,21,26)/t12-/m0/s1. The molecule has 0 saturated carbocycles. The summed E-state index contributed by atoms with van der Waals surface area (Å²) in [6, 6.07) is 8.76. The van der Waals surface area contributed by atoms with Crippen LogP contribution in [-0.4, -0.2) is 44.7 Å². The summed E-state index contributed by atoms with van der Waals surface area (Å²) in [5.74, 6) is 0.501. The van der Waals surface area contributed by atoms with Gasteiger partial charge in [-0.15, -0.1) is 5.10 Å². The predicted molar refractivity (Wildman–Crippen MR) is 99.0 cm³/mol. The van der Waals surface area contributed by atoms with E-state index in [-0.39, 0.29) is 23.3 Å². The number of phenolic OH excluding ortho intramolecular Hbond substituents is 1. The second kappa shape index (κ2) is 6.01. The quantitative estimate of drug-likeness (QED) is 0.579. The van der Waals surface area contributed by atoms with Gasteiger partial charge in [0.1, 0.15) is 17.2 Å². The van der Waals surface area contributed by atoms with E-state index >= 15 is 0 Å². The van der Waals surface area contributed by atoms with Crippen molar-refractivity contribution in [2.45, 2.75) is 12.5 Å². The number of imidazole rings is 1. The second-order valence-electron chi connectivity index (χ2n) is 6.62. The molecule has 136 valence electrons. The molecule has 4 aromatic rings. The molecule has 8 heteroatoms. The topological polar surface area (TPSA) is 95.9 Å². The Balaban J connectivity index is 1.31. The lowest BCUT2D eigenvalue weighted by molar-refractivity contribution is 0.0938. The third kappa shape index (κ3) is 2.66. The molecule has 1 fully saturated rings. The monoisotopic (exact) mass is 363 g/mol. The Hall–Kier alpha value is -3.55. The number of rotatable bonds is 3. The van der Waals surface area contributed by atoms with Gasteiger partial charge in [-0.3, -0.25) is 4.79 Å². The Morgan fingerprint density at radius 1 is 1.26 bits per heavy atom. The Labute approximate surface area is 154 Å². The molecule has 1 amide bonds. The van der Waals surface area contributed by atoms with Crippen LogP contribution < -0.4 is 10.2 Å². The number of carbonyl (C=O) groups is 1. The molecule has 0 spiro atoms. The normalized spacial score (nSPS) is 17.0. The summed E-state index contributed by atoms with van der Waals surface area (Å²) in [5, 5.41) is 18.4. The number of carbonyl (C=O) groups excluding carboxylic acids is 1. The van der Waals surface area contributed by atoms with Crippen LogP contribution in [0.5, 0.6) is 5.75 Å². The number of aromatic hydroxyl groups is 1. The van der Waals surface area contributed by atoms with Crippen molar-refractivity contribution >= 4 is 28.3 Å². The van der Waals surface area contributed by atoms with E-state index < -0.39 is 0 Å². The number of hydrogen-bond donors (Lipinski definition) is 2. The molecule has 3 aromatic heterocycles. The van der Waals surface area contributed by atoms with Crippen LogP contribution >= 0.6 is 0 Å². The maximum Gasteiger partial charge on any atom is 0.255 e. The fraction of sp³-hybridized carbons (Fsp3) is 0.211. The molecule has 4 heterocycles. The number of phenols is 1. The fourth-order valence-corrected chi connectivity index (χ4v) is 3.54. The van der Waals surface area contributed by atoms with Crippen molar-refractivity contribution in [2.24, 2.45) is 0 Å². The minimum absolute atomic E-state index is 0.0165. The lowest BCUT2D eigenvalue weighted by Gasteiger charge is -2.18. The first-order chi connectivity index (χ1) is 13.2. The number of nitrogens with one attached hydrogen (secondary N) is 1. The highest BCUT2D eigenvalue weighted by Gasteiger charge is 2.26. The minimum atomic E-state index is -0.291. The van der Waals surface area contributed by atoms with Crippen LogP contribution in [0.3, 0.4) is 0 Å². The lowest BCUT2D eigenvalue weighted by Crippen LogP contribution is -2.37. The number of furan rings is 1. The van der Waals surface area contributed by atoms with E-state index in [0.717, 1.165) is 24.4 Å². The number of anilines is 1. The van der Waals surface area contributed by atoms with E-state index in [1.807, 2.05) is 18.3 Å². The molecule has 1 saturated heterocycles. The van der Waals surface area contributed by atoms with Gasteiger partial charge in [0, 0.05) is 31.5 Å². The van der Waals surface area contributed by atoms with Crippen LogP contribution in [0.1, 0.15) is 16.8 Å². The molecular weight excluding hydrogens is 346 g/mol. The van der Waals surface area contributed by atoms with Crippen LogP contribution in [0.4, 0.5) is 5.82 Å². The smallest absolute Gasteiger partial charge is 0.255 e. The molecule has 0 aliphatic carbocycles. The molecule has 0 radical (unpaired) electrons. The zero-order chi connectivity index (χ0) is 18.4. The maximum absolute atomic E-state index is 12.6. The molecular formula is C19H17N5O3. The average Bonchev–Trinajstić information content (AvgIpc) is 3.41. The molecule has 27 heavy (non-hydrogen) atoms. The van der Waals surface area contributed by atoms with Gasteiger partial charge in [0.2, 0.25) is 0 Å². The van der Waals surface area contributed by atoms with Gasteiger partial charge in [0.25, 0.3) is 5.91 Å². The summed E-state index contributed by atoms with van der Waals surface area (Å²) in [6.45, 7) is 1.46. The highest BCUT2D eigenvalue weighted by molar-refractivity contribution is 6.02. The SMILES string of the molecule is O=C(N[C@H]1CCN(c2ccc3nccn3n2)C1)c1ccc2occc2c1O. The van der Waals surface area contributed by atoms with Crippen molar-refractivity contribution < 1.29 is 14.3 Å². The van der Waals surface area contributed by atoms with Crippen molar-refractivity contribution in [1.82, 2.24) is 19.9 Å². The highest BCUT2D eigenvalue weighted by Crippen LogP contribution is 2.29. The number of benzene rings is 1. The van der Waals surface area contributed by atoms with E-state index in [2.05, 4.69) is 20.3 Å². The predicted octanol–water partition coefficient (Wildman–Crippen LogP) is 2.19. The lowest BCUT2D eigenvalue weighted by atomic mass is 10.1. The van der Waals surface area contributed by atoms with Gasteiger partial charge in [-0.2, -0.15) is 0 Å². The van der Waals surface area contributed by atoms with Gasteiger partial charge >= 0.3 is 0 Å². The van der Waals surface area contributed by atoms with Crippen molar-refractivity contribution in [3.63, 3.8) is 0 Å². The maximum atomic E-state index is 12.6.